The van der Waals surface area contributed by atoms with Crippen LogP contribution in [-0.2, 0) is 12.3 Å². The first-order valence-electron chi connectivity index (χ1n) is 4.19. The molecule has 0 fully saturated rings. The minimum Gasteiger partial charge on any atom is -0.267 e. The van der Waals surface area contributed by atoms with E-state index in [1.54, 1.807) is 4.52 Å². The van der Waals surface area contributed by atoms with Crippen LogP contribution in [-0.4, -0.2) is 14.6 Å². The van der Waals surface area contributed by atoms with E-state index in [1.807, 2.05) is 6.92 Å². The maximum atomic E-state index is 11.2. The minimum absolute atomic E-state index is 0.257. The fraction of sp³-hybridized carbons (Fsp3) is 0.375. The molecule has 2 heterocycles. The van der Waals surface area contributed by atoms with Crippen LogP contribution in [0.15, 0.2) is 10.9 Å². The summed E-state index contributed by atoms with van der Waals surface area (Å²) in [7, 11) is 0. The molecule has 0 atom stereocenters. The lowest BCUT2D eigenvalue weighted by molar-refractivity contribution is 0.844. The maximum absolute atomic E-state index is 11.2. The molecule has 0 bridgehead atoms. The molecule has 0 saturated heterocycles. The summed E-state index contributed by atoms with van der Waals surface area (Å²) >= 11 is 7.13. The van der Waals surface area contributed by atoms with Crippen molar-refractivity contribution in [2.75, 3.05) is 0 Å². The molecule has 4 nitrogen and oxygen atoms in total. The van der Waals surface area contributed by atoms with Gasteiger partial charge in [0.25, 0.3) is 5.56 Å². The molecule has 74 valence electrons. The molecule has 0 aromatic carbocycles. The quantitative estimate of drug-likeness (QED) is 0.733. The van der Waals surface area contributed by atoms with Gasteiger partial charge in [0.2, 0.25) is 4.96 Å². The first kappa shape index (κ1) is 9.61. The number of halogens is 1. The van der Waals surface area contributed by atoms with Gasteiger partial charge in [-0.2, -0.15) is 10.1 Å². The van der Waals surface area contributed by atoms with E-state index in [1.165, 1.54) is 17.4 Å². The molecule has 0 radical (unpaired) electrons. The fourth-order valence-corrected chi connectivity index (χ4v) is 2.20. The lowest BCUT2D eigenvalue weighted by Crippen LogP contribution is -2.10. The molecule has 0 unspecified atom stereocenters. The predicted octanol–water partition coefficient (Wildman–Crippen LogP) is 1.45. The molecule has 2 aromatic heterocycles. The van der Waals surface area contributed by atoms with E-state index in [0.29, 0.717) is 10.7 Å². The fourth-order valence-electron chi connectivity index (χ4n) is 1.15. The van der Waals surface area contributed by atoms with E-state index < -0.39 is 0 Å². The Morgan fingerprint density at radius 3 is 3.07 bits per heavy atom. The van der Waals surface area contributed by atoms with Crippen molar-refractivity contribution in [2.45, 2.75) is 19.2 Å². The Morgan fingerprint density at radius 1 is 1.64 bits per heavy atom. The topological polar surface area (TPSA) is 47.3 Å². The second-order valence-corrected chi connectivity index (χ2v) is 4.07. The zero-order chi connectivity index (χ0) is 10.1. The van der Waals surface area contributed by atoms with Crippen LogP contribution in [0.25, 0.3) is 4.96 Å². The Kier molecular flexibility index (Phi) is 2.52. The molecule has 0 aliphatic carbocycles. The van der Waals surface area contributed by atoms with Gasteiger partial charge in [0.05, 0.1) is 11.6 Å². The number of hydrogen-bond donors (Lipinski definition) is 0. The van der Waals surface area contributed by atoms with Crippen LogP contribution in [0.3, 0.4) is 0 Å². The first-order valence-corrected chi connectivity index (χ1v) is 5.54. The van der Waals surface area contributed by atoms with Crippen LogP contribution in [0.5, 0.6) is 0 Å². The highest BCUT2D eigenvalue weighted by Crippen LogP contribution is 2.14. The van der Waals surface area contributed by atoms with Gasteiger partial charge >= 0.3 is 0 Å². The maximum Gasteiger partial charge on any atom is 0.274 e. The van der Waals surface area contributed by atoms with E-state index in [4.69, 9.17) is 11.6 Å². The third-order valence-electron chi connectivity index (χ3n) is 1.81. The van der Waals surface area contributed by atoms with Gasteiger partial charge in [-0.3, -0.25) is 4.79 Å². The van der Waals surface area contributed by atoms with Gasteiger partial charge in [0, 0.05) is 6.07 Å². The van der Waals surface area contributed by atoms with E-state index in [9.17, 15) is 4.79 Å². The molecule has 0 amide bonds. The number of fused-ring (bicyclic) bond motifs is 1. The van der Waals surface area contributed by atoms with Crippen molar-refractivity contribution in [1.29, 1.82) is 0 Å². The van der Waals surface area contributed by atoms with E-state index in [2.05, 4.69) is 10.1 Å². The molecule has 0 saturated carbocycles. The normalized spacial score (nSPS) is 11.0. The highest BCUT2D eigenvalue weighted by atomic mass is 35.5. The molecular weight excluding hydrogens is 222 g/mol. The largest absolute Gasteiger partial charge is 0.274 e. The average molecular weight is 230 g/mol. The molecule has 0 aliphatic heterocycles. The van der Waals surface area contributed by atoms with Crippen molar-refractivity contribution >= 4 is 27.9 Å². The number of aryl methyl sites for hydroxylation is 1. The van der Waals surface area contributed by atoms with Crippen LogP contribution < -0.4 is 5.56 Å². The molecular formula is C8H8ClN3OS. The number of hydrogen-bond acceptors (Lipinski definition) is 4. The molecule has 14 heavy (non-hydrogen) atoms. The van der Waals surface area contributed by atoms with Crippen LogP contribution >= 0.6 is 22.9 Å². The van der Waals surface area contributed by atoms with Gasteiger partial charge < -0.3 is 0 Å². The summed E-state index contributed by atoms with van der Waals surface area (Å²) in [4.78, 5) is 15.6. The Bertz CT molecular complexity index is 519. The number of alkyl halides is 1. The molecule has 0 aliphatic rings. The number of nitrogens with zero attached hydrogens (tertiary/aromatic N) is 3. The SMILES string of the molecule is CCc1nn2c(CCl)cc(=O)nc2s1. The van der Waals surface area contributed by atoms with Gasteiger partial charge in [-0.25, -0.2) is 4.52 Å². The smallest absolute Gasteiger partial charge is 0.267 e. The zero-order valence-corrected chi connectivity index (χ0v) is 9.10. The van der Waals surface area contributed by atoms with Crippen molar-refractivity contribution in [3.05, 3.63) is 27.1 Å². The second kappa shape index (κ2) is 3.67. The van der Waals surface area contributed by atoms with E-state index in [-0.39, 0.29) is 11.4 Å². The number of aromatic nitrogens is 3. The van der Waals surface area contributed by atoms with Crippen LogP contribution in [0.2, 0.25) is 0 Å². The van der Waals surface area contributed by atoms with Crippen molar-refractivity contribution in [1.82, 2.24) is 14.6 Å². The Morgan fingerprint density at radius 2 is 2.43 bits per heavy atom. The van der Waals surface area contributed by atoms with Crippen LogP contribution in [0.4, 0.5) is 0 Å². The lowest BCUT2D eigenvalue weighted by atomic mass is 10.4. The van der Waals surface area contributed by atoms with Gasteiger partial charge in [-0.15, -0.1) is 11.6 Å². The highest BCUT2D eigenvalue weighted by Gasteiger charge is 2.07. The third kappa shape index (κ3) is 1.53. The summed E-state index contributed by atoms with van der Waals surface area (Å²) < 4.78 is 1.64. The molecule has 6 heteroatoms. The highest BCUT2D eigenvalue weighted by molar-refractivity contribution is 7.16. The van der Waals surface area contributed by atoms with Gasteiger partial charge in [-0.05, 0) is 6.42 Å². The molecule has 2 aromatic rings. The summed E-state index contributed by atoms with van der Waals surface area (Å²) in [5.41, 5.74) is 0.435. The predicted molar refractivity (Wildman–Crippen MR) is 56.1 cm³/mol. The molecule has 0 N–H and O–H groups in total. The second-order valence-electron chi connectivity index (χ2n) is 2.76. The summed E-state index contributed by atoms with van der Waals surface area (Å²) in [6.45, 7) is 2.01. The van der Waals surface area contributed by atoms with Gasteiger partial charge in [0.15, 0.2) is 0 Å². The van der Waals surface area contributed by atoms with Crippen LogP contribution in [0.1, 0.15) is 17.6 Å². The van der Waals surface area contributed by atoms with Crippen LogP contribution in [0, 0.1) is 0 Å². The number of rotatable bonds is 2. The van der Waals surface area contributed by atoms with E-state index >= 15 is 0 Å². The van der Waals surface area contributed by atoms with Crippen molar-refractivity contribution in [3.63, 3.8) is 0 Å². The summed E-state index contributed by atoms with van der Waals surface area (Å²) in [5, 5.41) is 5.25. The lowest BCUT2D eigenvalue weighted by Gasteiger charge is -1.96. The zero-order valence-electron chi connectivity index (χ0n) is 7.53. The summed E-state index contributed by atoms with van der Waals surface area (Å²) in [5.74, 6) is 0.270. The van der Waals surface area contributed by atoms with Gasteiger partial charge in [0.1, 0.15) is 5.01 Å². The monoisotopic (exact) mass is 229 g/mol. The third-order valence-corrected chi connectivity index (χ3v) is 3.14. The van der Waals surface area contributed by atoms with Crippen molar-refractivity contribution in [2.24, 2.45) is 0 Å². The van der Waals surface area contributed by atoms with Gasteiger partial charge in [-0.1, -0.05) is 18.3 Å². The average Bonchev–Trinajstić information content (AvgIpc) is 2.59. The first-order chi connectivity index (χ1) is 6.74. The summed E-state index contributed by atoms with van der Waals surface area (Å²) in [6, 6.07) is 1.42. The van der Waals surface area contributed by atoms with Crippen molar-refractivity contribution < 1.29 is 0 Å². The molecule has 0 spiro atoms. The van der Waals surface area contributed by atoms with E-state index in [0.717, 1.165) is 11.4 Å². The minimum atomic E-state index is -0.257. The van der Waals surface area contributed by atoms with Crippen molar-refractivity contribution in [3.8, 4) is 0 Å². The Labute approximate surface area is 89.2 Å². The standard InChI is InChI=1S/C8H8ClN3OS/c1-2-7-11-12-5(4-9)3-6(13)10-8(12)14-7/h3H,2,4H2,1H3. The Hall–Kier alpha value is -0.940. The Balaban J connectivity index is 2.78. The molecule has 2 rings (SSSR count). The summed E-state index contributed by atoms with van der Waals surface area (Å²) in [6.07, 6.45) is 0.837.